The zero-order chi connectivity index (χ0) is 13.4. The van der Waals surface area contributed by atoms with E-state index in [-0.39, 0.29) is 5.82 Å². The zero-order valence-corrected chi connectivity index (χ0v) is 10.8. The third kappa shape index (κ3) is 2.41. The number of nitrogen functional groups attached to an aromatic ring is 1. The van der Waals surface area contributed by atoms with Gasteiger partial charge in [0.15, 0.2) is 0 Å². The van der Waals surface area contributed by atoms with Crippen molar-refractivity contribution >= 4 is 5.82 Å². The number of anilines is 1. The molecule has 100 valence electrons. The van der Waals surface area contributed by atoms with Crippen molar-refractivity contribution in [1.29, 1.82) is 0 Å². The molecule has 1 aromatic carbocycles. The fourth-order valence-electron chi connectivity index (χ4n) is 1.99. The molecular formula is C14H16FN3O. The van der Waals surface area contributed by atoms with Crippen LogP contribution in [0.15, 0.2) is 24.4 Å². The molecule has 1 aliphatic rings. The third-order valence-electron chi connectivity index (χ3n) is 3.39. The van der Waals surface area contributed by atoms with Crippen LogP contribution in [-0.2, 0) is 7.05 Å². The summed E-state index contributed by atoms with van der Waals surface area (Å²) in [5, 5.41) is 4.08. The summed E-state index contributed by atoms with van der Waals surface area (Å²) < 4.78 is 20.8. The molecule has 0 unspecified atom stereocenters. The van der Waals surface area contributed by atoms with E-state index in [1.165, 1.54) is 25.0 Å². The first-order chi connectivity index (χ1) is 9.15. The van der Waals surface area contributed by atoms with Gasteiger partial charge in [-0.15, -0.1) is 0 Å². The average molecular weight is 261 g/mol. The van der Waals surface area contributed by atoms with Gasteiger partial charge in [0, 0.05) is 18.2 Å². The van der Waals surface area contributed by atoms with Crippen LogP contribution >= 0.6 is 0 Å². The highest BCUT2D eigenvalue weighted by Gasteiger charge is 2.23. The lowest BCUT2D eigenvalue weighted by Gasteiger charge is -2.11. The quantitative estimate of drug-likeness (QED) is 0.920. The second-order valence-corrected chi connectivity index (χ2v) is 4.96. The van der Waals surface area contributed by atoms with Gasteiger partial charge in [0.25, 0.3) is 0 Å². The van der Waals surface area contributed by atoms with E-state index in [1.807, 2.05) is 0 Å². The molecular weight excluding hydrogens is 245 g/mol. The summed E-state index contributed by atoms with van der Waals surface area (Å²) in [5.41, 5.74) is 7.30. The lowest BCUT2D eigenvalue weighted by molar-refractivity contribution is 0.300. The second-order valence-electron chi connectivity index (χ2n) is 4.96. The summed E-state index contributed by atoms with van der Waals surface area (Å²) >= 11 is 0. The minimum atomic E-state index is -0.308. The summed E-state index contributed by atoms with van der Waals surface area (Å²) in [6, 6.07) is 4.49. The molecule has 4 nitrogen and oxygen atoms in total. The van der Waals surface area contributed by atoms with Crippen LogP contribution in [0.3, 0.4) is 0 Å². The van der Waals surface area contributed by atoms with Gasteiger partial charge in [0.1, 0.15) is 17.4 Å². The molecule has 2 N–H and O–H groups in total. The van der Waals surface area contributed by atoms with E-state index in [2.05, 4.69) is 5.10 Å². The number of ether oxygens (including phenoxy) is 1. The van der Waals surface area contributed by atoms with Crippen LogP contribution in [0.1, 0.15) is 12.8 Å². The molecule has 3 rings (SSSR count). The van der Waals surface area contributed by atoms with Crippen molar-refractivity contribution in [3.8, 4) is 16.9 Å². The fourth-order valence-corrected chi connectivity index (χ4v) is 1.99. The van der Waals surface area contributed by atoms with Crippen LogP contribution in [0, 0.1) is 11.7 Å². The number of rotatable bonds is 4. The van der Waals surface area contributed by atoms with E-state index in [9.17, 15) is 4.39 Å². The first-order valence-corrected chi connectivity index (χ1v) is 6.35. The molecule has 0 radical (unpaired) electrons. The van der Waals surface area contributed by atoms with Gasteiger partial charge in [-0.1, -0.05) is 0 Å². The van der Waals surface area contributed by atoms with Crippen LogP contribution in [0.4, 0.5) is 10.2 Å². The van der Waals surface area contributed by atoms with Gasteiger partial charge in [-0.05, 0) is 37.0 Å². The molecule has 1 heterocycles. The number of hydrogen-bond donors (Lipinski definition) is 1. The lowest BCUT2D eigenvalue weighted by atomic mass is 10.1. The average Bonchev–Trinajstić information content (AvgIpc) is 3.16. The molecule has 1 aliphatic carbocycles. The molecule has 0 amide bonds. The monoisotopic (exact) mass is 261 g/mol. The van der Waals surface area contributed by atoms with Gasteiger partial charge in [-0.3, -0.25) is 4.68 Å². The van der Waals surface area contributed by atoms with E-state index >= 15 is 0 Å². The summed E-state index contributed by atoms with van der Waals surface area (Å²) in [7, 11) is 1.75. The zero-order valence-electron chi connectivity index (χ0n) is 10.8. The highest BCUT2D eigenvalue weighted by atomic mass is 19.1. The van der Waals surface area contributed by atoms with E-state index in [1.54, 1.807) is 24.0 Å². The van der Waals surface area contributed by atoms with Crippen molar-refractivity contribution in [3.63, 3.8) is 0 Å². The van der Waals surface area contributed by atoms with Gasteiger partial charge >= 0.3 is 0 Å². The predicted molar refractivity (Wildman–Crippen MR) is 71.2 cm³/mol. The van der Waals surface area contributed by atoms with E-state index in [0.717, 1.165) is 0 Å². The van der Waals surface area contributed by atoms with Gasteiger partial charge in [0.05, 0.1) is 12.8 Å². The topological polar surface area (TPSA) is 53.1 Å². The first-order valence-electron chi connectivity index (χ1n) is 6.35. The van der Waals surface area contributed by atoms with Crippen LogP contribution < -0.4 is 10.5 Å². The number of nitrogens with zero attached hydrogens (tertiary/aromatic N) is 2. The normalized spacial score (nSPS) is 14.6. The van der Waals surface area contributed by atoms with E-state index < -0.39 is 0 Å². The first kappa shape index (κ1) is 12.0. The Labute approximate surface area is 111 Å². The molecule has 5 heteroatoms. The Morgan fingerprint density at radius 3 is 2.84 bits per heavy atom. The highest BCUT2D eigenvalue weighted by Crippen LogP contribution is 2.36. The minimum Gasteiger partial charge on any atom is -0.493 e. The smallest absolute Gasteiger partial charge is 0.129 e. The molecule has 1 aromatic heterocycles. The van der Waals surface area contributed by atoms with Gasteiger partial charge in [-0.2, -0.15) is 5.10 Å². The number of hydrogen-bond acceptors (Lipinski definition) is 3. The van der Waals surface area contributed by atoms with Crippen LogP contribution in [0.2, 0.25) is 0 Å². The van der Waals surface area contributed by atoms with Crippen LogP contribution in [0.5, 0.6) is 5.75 Å². The highest BCUT2D eigenvalue weighted by molar-refractivity contribution is 5.78. The number of halogens is 1. The standard InChI is InChI=1S/C14H16FN3O/c1-18-14(16)12(7-17-18)11-6-10(15)4-5-13(11)19-8-9-2-3-9/h4-7,9H,2-3,8,16H2,1H3. The third-order valence-corrected chi connectivity index (χ3v) is 3.39. The molecule has 2 aromatic rings. The Bertz CT molecular complexity index is 605. The lowest BCUT2D eigenvalue weighted by Crippen LogP contribution is -2.02. The van der Waals surface area contributed by atoms with Crippen molar-refractivity contribution in [2.75, 3.05) is 12.3 Å². The Kier molecular flexibility index (Phi) is 2.89. The molecule has 0 spiro atoms. The van der Waals surface area contributed by atoms with E-state index in [4.69, 9.17) is 10.5 Å². The maximum absolute atomic E-state index is 13.5. The Hall–Kier alpha value is -2.04. The molecule has 1 fully saturated rings. The molecule has 19 heavy (non-hydrogen) atoms. The maximum Gasteiger partial charge on any atom is 0.129 e. The Balaban J connectivity index is 1.97. The van der Waals surface area contributed by atoms with Gasteiger partial charge < -0.3 is 10.5 Å². The molecule has 0 saturated heterocycles. The number of benzene rings is 1. The van der Waals surface area contributed by atoms with Gasteiger partial charge in [0.2, 0.25) is 0 Å². The Morgan fingerprint density at radius 2 is 2.21 bits per heavy atom. The number of aromatic nitrogens is 2. The number of nitrogens with two attached hydrogens (primary N) is 1. The molecule has 0 aliphatic heterocycles. The Morgan fingerprint density at radius 1 is 1.42 bits per heavy atom. The van der Waals surface area contributed by atoms with E-state index in [0.29, 0.717) is 35.2 Å². The number of aryl methyl sites for hydroxylation is 1. The largest absolute Gasteiger partial charge is 0.493 e. The SMILES string of the molecule is Cn1ncc(-c2cc(F)ccc2OCC2CC2)c1N. The van der Waals surface area contributed by atoms with Crippen LogP contribution in [0.25, 0.3) is 11.1 Å². The minimum absolute atomic E-state index is 0.308. The van der Waals surface area contributed by atoms with Crippen molar-refractivity contribution < 1.29 is 9.13 Å². The fraction of sp³-hybridized carbons (Fsp3) is 0.357. The summed E-state index contributed by atoms with van der Waals surface area (Å²) in [6.07, 6.45) is 4.06. The van der Waals surface area contributed by atoms with Gasteiger partial charge in [-0.25, -0.2) is 4.39 Å². The second kappa shape index (κ2) is 4.57. The molecule has 0 bridgehead atoms. The molecule has 1 saturated carbocycles. The van der Waals surface area contributed by atoms with Crippen molar-refractivity contribution in [2.24, 2.45) is 13.0 Å². The maximum atomic E-state index is 13.5. The molecule has 0 atom stereocenters. The van der Waals surface area contributed by atoms with Crippen molar-refractivity contribution in [3.05, 3.63) is 30.2 Å². The van der Waals surface area contributed by atoms with Crippen molar-refractivity contribution in [1.82, 2.24) is 9.78 Å². The summed E-state index contributed by atoms with van der Waals surface area (Å²) in [4.78, 5) is 0. The van der Waals surface area contributed by atoms with Crippen LogP contribution in [-0.4, -0.2) is 16.4 Å². The predicted octanol–water partition coefficient (Wildman–Crippen LogP) is 2.60. The summed E-state index contributed by atoms with van der Waals surface area (Å²) in [6.45, 7) is 0.679. The summed E-state index contributed by atoms with van der Waals surface area (Å²) in [5.74, 6) is 1.50. The van der Waals surface area contributed by atoms with Crippen molar-refractivity contribution in [2.45, 2.75) is 12.8 Å².